The van der Waals surface area contributed by atoms with Gasteiger partial charge in [0.15, 0.2) is 13.5 Å². The van der Waals surface area contributed by atoms with Gasteiger partial charge in [0.25, 0.3) is 0 Å². The van der Waals surface area contributed by atoms with Crippen molar-refractivity contribution in [3.05, 3.63) is 67.3 Å². The van der Waals surface area contributed by atoms with Gasteiger partial charge in [-0.25, -0.2) is 9.50 Å². The molecule has 6 rings (SSSR count). The van der Waals surface area contributed by atoms with Crippen molar-refractivity contribution < 1.29 is 4.74 Å². The molecular weight excluding hydrogens is 459 g/mol. The molecule has 0 N–H and O–H groups in total. The molecular formula is C29H31BN6O. The van der Waals surface area contributed by atoms with Gasteiger partial charge in [-0.1, -0.05) is 30.7 Å². The summed E-state index contributed by atoms with van der Waals surface area (Å²) < 4.78 is 8.14. The van der Waals surface area contributed by atoms with Gasteiger partial charge in [-0.05, 0) is 69.1 Å². The van der Waals surface area contributed by atoms with Crippen molar-refractivity contribution in [2.45, 2.75) is 38.7 Å². The zero-order chi connectivity index (χ0) is 25.4. The maximum absolute atomic E-state index is 6.32. The Balaban J connectivity index is 1.23. The van der Waals surface area contributed by atoms with Crippen molar-refractivity contribution in [1.29, 1.82) is 0 Å². The maximum Gasteiger partial charge on any atom is 0.163 e. The van der Waals surface area contributed by atoms with Crippen LogP contribution in [0.5, 0.6) is 5.75 Å². The summed E-state index contributed by atoms with van der Waals surface area (Å²) in [6.07, 6.45) is 11.4. The van der Waals surface area contributed by atoms with Crippen LogP contribution in [-0.4, -0.2) is 62.5 Å². The van der Waals surface area contributed by atoms with Crippen LogP contribution in [0.3, 0.4) is 0 Å². The molecule has 0 atom stereocenters. The fourth-order valence-electron chi connectivity index (χ4n) is 5.31. The van der Waals surface area contributed by atoms with E-state index in [1.165, 1.54) is 19.3 Å². The first-order valence-corrected chi connectivity index (χ1v) is 13.0. The number of piperidine rings is 1. The molecule has 0 radical (unpaired) electrons. The summed E-state index contributed by atoms with van der Waals surface area (Å²) in [7, 11) is 2.01. The van der Waals surface area contributed by atoms with Crippen LogP contribution in [0.2, 0.25) is 0 Å². The van der Waals surface area contributed by atoms with Crippen molar-refractivity contribution in [2.75, 3.05) is 19.6 Å². The van der Waals surface area contributed by atoms with E-state index in [2.05, 4.69) is 45.9 Å². The third-order valence-corrected chi connectivity index (χ3v) is 7.00. The molecule has 1 aliphatic heterocycles. The zero-order valence-corrected chi connectivity index (χ0v) is 21.7. The molecule has 7 nitrogen and oxygen atoms in total. The Labute approximate surface area is 217 Å². The molecule has 0 spiro atoms. The highest BCUT2D eigenvalue weighted by Gasteiger charge is 2.25. The van der Waals surface area contributed by atoms with Gasteiger partial charge in [0.2, 0.25) is 0 Å². The summed E-state index contributed by atoms with van der Waals surface area (Å²) in [6.45, 7) is 7.53. The van der Waals surface area contributed by atoms with Gasteiger partial charge in [0.1, 0.15) is 11.4 Å². The summed E-state index contributed by atoms with van der Waals surface area (Å²) in [5, 5.41) is 5.70. The van der Waals surface area contributed by atoms with Gasteiger partial charge in [-0.2, -0.15) is 5.10 Å². The molecule has 1 aromatic carbocycles. The topological polar surface area (TPSA) is 68.4 Å². The molecule has 8 heteroatoms. The van der Waals surface area contributed by atoms with Crippen molar-refractivity contribution in [3.8, 4) is 28.1 Å². The summed E-state index contributed by atoms with van der Waals surface area (Å²) in [5.41, 5.74) is 6.29. The second-order valence-corrected chi connectivity index (χ2v) is 10.6. The third kappa shape index (κ3) is 4.94. The van der Waals surface area contributed by atoms with Crippen molar-refractivity contribution in [1.82, 2.24) is 29.5 Å². The lowest BCUT2D eigenvalue weighted by Crippen LogP contribution is -2.44. The van der Waals surface area contributed by atoms with E-state index >= 15 is 0 Å². The first-order valence-electron chi connectivity index (χ1n) is 13.0. The molecule has 1 aliphatic rings. The quantitative estimate of drug-likeness (QED) is 0.337. The standard InChI is InChI=1S/C29H31BN6O/c1-29(2,19-35-13-4-3-5-14-35)37-21-9-11-25(31-16-21)20-15-32-28-24(17-33-36(28)18-20)22-7-6-8-26-23(22)10-12-27(30)34-26/h6-12,15-18H,3-5,13-14,19,30H2,1-2H3. The number of pyridine rings is 2. The number of benzene rings is 1. The highest BCUT2D eigenvalue weighted by Crippen LogP contribution is 2.31. The molecule has 4 aromatic heterocycles. The first kappa shape index (κ1) is 23.6. The number of ether oxygens (including phenoxy) is 1. The number of rotatable bonds is 6. The lowest BCUT2D eigenvalue weighted by atomic mass is 9.99. The highest BCUT2D eigenvalue weighted by molar-refractivity contribution is 6.31. The predicted molar refractivity (Wildman–Crippen MR) is 150 cm³/mol. The molecule has 1 saturated heterocycles. The van der Waals surface area contributed by atoms with E-state index in [1.807, 2.05) is 61.3 Å². The fraction of sp³-hybridized carbons (Fsp3) is 0.310. The van der Waals surface area contributed by atoms with E-state index in [9.17, 15) is 0 Å². The van der Waals surface area contributed by atoms with Gasteiger partial charge in [-0.15, -0.1) is 0 Å². The van der Waals surface area contributed by atoms with Crippen LogP contribution in [0.1, 0.15) is 33.1 Å². The van der Waals surface area contributed by atoms with Gasteiger partial charge in [0, 0.05) is 35.5 Å². The number of likely N-dealkylation sites (tertiary alicyclic amines) is 1. The molecule has 5 heterocycles. The minimum atomic E-state index is -0.276. The predicted octanol–water partition coefficient (Wildman–Crippen LogP) is 3.91. The van der Waals surface area contributed by atoms with Crippen LogP contribution in [-0.2, 0) is 0 Å². The number of hydrogen-bond acceptors (Lipinski definition) is 6. The lowest BCUT2D eigenvalue weighted by Gasteiger charge is -2.35. The van der Waals surface area contributed by atoms with Crippen LogP contribution < -0.4 is 10.3 Å². The van der Waals surface area contributed by atoms with E-state index in [0.29, 0.717) is 0 Å². The Hall–Kier alpha value is -3.78. The Morgan fingerprint density at radius 2 is 1.78 bits per heavy atom. The molecule has 0 unspecified atom stereocenters. The van der Waals surface area contributed by atoms with Crippen molar-refractivity contribution in [2.24, 2.45) is 0 Å². The zero-order valence-electron chi connectivity index (χ0n) is 21.7. The Bertz CT molecular complexity index is 1560. The minimum Gasteiger partial charge on any atom is -0.485 e. The molecule has 0 aliphatic carbocycles. The summed E-state index contributed by atoms with van der Waals surface area (Å²) in [5.74, 6) is 0.779. The van der Waals surface area contributed by atoms with Crippen molar-refractivity contribution >= 4 is 30.0 Å². The molecule has 1 fully saturated rings. The van der Waals surface area contributed by atoms with E-state index < -0.39 is 0 Å². The van der Waals surface area contributed by atoms with Gasteiger partial charge in [0.05, 0.1) is 23.6 Å². The van der Waals surface area contributed by atoms with Gasteiger partial charge >= 0.3 is 0 Å². The molecule has 37 heavy (non-hydrogen) atoms. The smallest absolute Gasteiger partial charge is 0.163 e. The number of nitrogens with zero attached hydrogens (tertiary/aromatic N) is 6. The van der Waals surface area contributed by atoms with Crippen LogP contribution in [0.25, 0.3) is 38.9 Å². The van der Waals surface area contributed by atoms with E-state index in [-0.39, 0.29) is 5.60 Å². The van der Waals surface area contributed by atoms with E-state index in [0.717, 1.165) is 69.9 Å². The molecule has 5 aromatic rings. The van der Waals surface area contributed by atoms with Crippen LogP contribution in [0.4, 0.5) is 0 Å². The average molecular weight is 490 g/mol. The molecule has 0 bridgehead atoms. The molecule has 186 valence electrons. The largest absolute Gasteiger partial charge is 0.485 e. The Morgan fingerprint density at radius 1 is 0.919 bits per heavy atom. The summed E-state index contributed by atoms with van der Waals surface area (Å²) >= 11 is 0. The number of hydrogen-bond donors (Lipinski definition) is 0. The number of aromatic nitrogens is 5. The number of fused-ring (bicyclic) bond motifs is 2. The Kier molecular flexibility index (Phi) is 6.12. The second-order valence-electron chi connectivity index (χ2n) is 10.6. The second kappa shape index (κ2) is 9.59. The molecule has 0 saturated carbocycles. The summed E-state index contributed by atoms with van der Waals surface area (Å²) in [6, 6.07) is 14.3. The normalized spacial score (nSPS) is 14.9. The SMILES string of the molecule is Bc1ccc2c(-c3cnn4cc(-c5ccc(OC(C)(C)CN6CCCCC6)cn5)cnc34)cccc2n1. The van der Waals surface area contributed by atoms with Crippen LogP contribution in [0.15, 0.2) is 67.3 Å². The monoisotopic (exact) mass is 490 g/mol. The van der Waals surface area contributed by atoms with E-state index in [1.54, 1.807) is 6.20 Å². The molecule has 0 amide bonds. The van der Waals surface area contributed by atoms with Gasteiger partial charge < -0.3 is 4.74 Å². The fourth-order valence-corrected chi connectivity index (χ4v) is 5.31. The van der Waals surface area contributed by atoms with Gasteiger partial charge in [-0.3, -0.25) is 14.9 Å². The third-order valence-electron chi connectivity index (χ3n) is 7.00. The van der Waals surface area contributed by atoms with Crippen LogP contribution >= 0.6 is 0 Å². The van der Waals surface area contributed by atoms with Crippen molar-refractivity contribution in [3.63, 3.8) is 0 Å². The van der Waals surface area contributed by atoms with E-state index in [4.69, 9.17) is 9.72 Å². The van der Waals surface area contributed by atoms with Crippen LogP contribution in [0, 0.1) is 0 Å². The highest BCUT2D eigenvalue weighted by atomic mass is 16.5. The first-order chi connectivity index (χ1) is 17.9. The Morgan fingerprint density at radius 3 is 2.59 bits per heavy atom. The minimum absolute atomic E-state index is 0.276. The average Bonchev–Trinajstić information content (AvgIpc) is 3.32. The maximum atomic E-state index is 6.32. The summed E-state index contributed by atoms with van der Waals surface area (Å²) in [4.78, 5) is 16.6. The lowest BCUT2D eigenvalue weighted by molar-refractivity contribution is 0.0517.